The maximum atomic E-state index is 15.3. The van der Waals surface area contributed by atoms with Crippen molar-refractivity contribution in [2.24, 2.45) is 5.92 Å². The predicted molar refractivity (Wildman–Crippen MR) is 106 cm³/mol. The van der Waals surface area contributed by atoms with Crippen LogP contribution in [-0.2, 0) is 10.2 Å². The molecular weight excluding hydrogens is 357 g/mol. The Morgan fingerprint density at radius 2 is 2.29 bits per heavy atom. The number of nitrogens with zero attached hydrogens (tertiary/aromatic N) is 3. The van der Waals surface area contributed by atoms with Crippen molar-refractivity contribution in [2.75, 3.05) is 18.4 Å². The van der Waals surface area contributed by atoms with Gasteiger partial charge in [0, 0.05) is 36.7 Å². The van der Waals surface area contributed by atoms with Gasteiger partial charge in [0.25, 0.3) is 0 Å². The maximum Gasteiger partial charge on any atom is 0.246 e. The van der Waals surface area contributed by atoms with E-state index in [9.17, 15) is 4.79 Å². The lowest BCUT2D eigenvalue weighted by Crippen LogP contribution is -2.44. The van der Waals surface area contributed by atoms with Gasteiger partial charge in [0.2, 0.25) is 5.91 Å². The molecule has 2 N–H and O–H groups in total. The highest BCUT2D eigenvalue weighted by Gasteiger charge is 2.77. The van der Waals surface area contributed by atoms with E-state index in [1.54, 1.807) is 6.92 Å². The van der Waals surface area contributed by atoms with Gasteiger partial charge in [-0.1, -0.05) is 13.0 Å². The Morgan fingerprint density at radius 1 is 1.43 bits per heavy atom. The molecule has 1 aliphatic heterocycles. The summed E-state index contributed by atoms with van der Waals surface area (Å²) in [5.74, 6) is 0.782. The normalized spacial score (nSPS) is 34.3. The third-order valence-corrected chi connectivity index (χ3v) is 7.30. The SMILES string of the molecule is C=CC(=O)N1CCC[C@@H](Nc2ncnc3[nH]cc(C45CCCC4C5(C)F)c23)C1. The van der Waals surface area contributed by atoms with Gasteiger partial charge in [0.1, 0.15) is 23.5 Å². The predicted octanol–water partition coefficient (Wildman–Crippen LogP) is 3.33. The van der Waals surface area contributed by atoms with Crippen LogP contribution in [0.4, 0.5) is 10.2 Å². The molecule has 1 saturated heterocycles. The number of rotatable bonds is 4. The molecule has 4 atom stereocenters. The van der Waals surface area contributed by atoms with Crippen LogP contribution in [0.25, 0.3) is 11.0 Å². The van der Waals surface area contributed by atoms with Crippen LogP contribution in [0.2, 0.25) is 0 Å². The van der Waals surface area contributed by atoms with Gasteiger partial charge in [0.05, 0.1) is 5.39 Å². The van der Waals surface area contributed by atoms with E-state index in [4.69, 9.17) is 0 Å². The molecule has 7 heteroatoms. The van der Waals surface area contributed by atoms with Crippen molar-refractivity contribution in [1.82, 2.24) is 19.9 Å². The molecule has 2 aromatic rings. The number of alkyl halides is 1. The van der Waals surface area contributed by atoms with Crippen LogP contribution in [-0.4, -0.2) is 50.6 Å². The Balaban J connectivity index is 1.49. The molecule has 148 valence electrons. The first-order valence-electron chi connectivity index (χ1n) is 10.2. The van der Waals surface area contributed by atoms with Crippen LogP contribution in [0.1, 0.15) is 44.6 Å². The Kier molecular flexibility index (Phi) is 3.80. The molecule has 0 bridgehead atoms. The van der Waals surface area contributed by atoms with Gasteiger partial charge in [0.15, 0.2) is 0 Å². The number of halogens is 1. The number of aromatic amines is 1. The van der Waals surface area contributed by atoms with E-state index in [0.29, 0.717) is 6.54 Å². The smallest absolute Gasteiger partial charge is 0.246 e. The summed E-state index contributed by atoms with van der Waals surface area (Å²) in [5.41, 5.74) is 0.174. The molecule has 0 aromatic carbocycles. The second-order valence-corrected chi connectivity index (χ2v) is 8.61. The summed E-state index contributed by atoms with van der Waals surface area (Å²) in [6.07, 6.45) is 9.60. The summed E-state index contributed by atoms with van der Waals surface area (Å²) >= 11 is 0. The minimum absolute atomic E-state index is 0.0412. The first-order valence-corrected chi connectivity index (χ1v) is 10.2. The van der Waals surface area contributed by atoms with E-state index < -0.39 is 11.1 Å². The van der Waals surface area contributed by atoms with E-state index in [0.717, 1.165) is 61.1 Å². The number of H-pyrrole nitrogens is 1. The molecule has 0 radical (unpaired) electrons. The number of fused-ring (bicyclic) bond motifs is 2. The quantitative estimate of drug-likeness (QED) is 0.795. The summed E-state index contributed by atoms with van der Waals surface area (Å²) in [4.78, 5) is 25.9. The number of hydrogen-bond donors (Lipinski definition) is 2. The van der Waals surface area contributed by atoms with Gasteiger partial charge in [-0.05, 0) is 44.2 Å². The third-order valence-electron chi connectivity index (χ3n) is 7.30. The third kappa shape index (κ3) is 2.28. The number of amides is 1. The zero-order valence-electron chi connectivity index (χ0n) is 16.2. The highest BCUT2D eigenvalue weighted by molar-refractivity contribution is 5.92. The first-order chi connectivity index (χ1) is 13.5. The molecule has 3 heterocycles. The number of carbonyl (C=O) groups excluding carboxylic acids is 1. The maximum absolute atomic E-state index is 15.3. The number of aromatic nitrogens is 3. The average molecular weight is 383 g/mol. The standard InChI is InChI=1S/C21H26FN5O/c1-3-16(28)27-9-5-6-13(11-27)26-19-17-14(10-23-18(17)24-12-25-19)21-8-4-7-15(21)20(21,2)22/h3,10,12-13,15H,1,4-9,11H2,2H3,(H2,23,24,25,26)/t13-,15?,20?,21?/m1/s1. The summed E-state index contributed by atoms with van der Waals surface area (Å²) in [6, 6.07) is 0.103. The molecule has 2 aliphatic carbocycles. The fraction of sp³-hybridized carbons (Fsp3) is 0.571. The van der Waals surface area contributed by atoms with E-state index in [1.807, 2.05) is 11.1 Å². The minimum atomic E-state index is -1.16. The highest BCUT2D eigenvalue weighted by Crippen LogP contribution is 2.74. The van der Waals surface area contributed by atoms with Gasteiger partial charge in [-0.3, -0.25) is 4.79 Å². The van der Waals surface area contributed by atoms with E-state index >= 15 is 4.39 Å². The number of carbonyl (C=O) groups is 1. The van der Waals surface area contributed by atoms with Gasteiger partial charge in [-0.2, -0.15) is 0 Å². The van der Waals surface area contributed by atoms with Crippen LogP contribution in [0.15, 0.2) is 25.2 Å². The lowest BCUT2D eigenvalue weighted by molar-refractivity contribution is -0.127. The first kappa shape index (κ1) is 17.6. The minimum Gasteiger partial charge on any atom is -0.365 e. The molecule has 3 aliphatic rings. The van der Waals surface area contributed by atoms with Gasteiger partial charge in [-0.25, -0.2) is 14.4 Å². The van der Waals surface area contributed by atoms with Gasteiger partial charge in [-0.15, -0.1) is 0 Å². The fourth-order valence-electron chi connectivity index (χ4n) is 5.90. The summed E-state index contributed by atoms with van der Waals surface area (Å²) in [5, 5.41) is 4.43. The fourth-order valence-corrected chi connectivity index (χ4v) is 5.90. The molecule has 2 aromatic heterocycles. The molecule has 28 heavy (non-hydrogen) atoms. The summed E-state index contributed by atoms with van der Waals surface area (Å²) in [7, 11) is 0. The molecule has 2 saturated carbocycles. The van der Waals surface area contributed by atoms with Crippen molar-refractivity contribution in [3.05, 3.63) is 30.7 Å². The van der Waals surface area contributed by atoms with Crippen molar-refractivity contribution in [3.8, 4) is 0 Å². The number of anilines is 1. The molecule has 5 rings (SSSR count). The summed E-state index contributed by atoms with van der Waals surface area (Å²) < 4.78 is 15.3. The van der Waals surface area contributed by atoms with Crippen LogP contribution in [0.5, 0.6) is 0 Å². The van der Waals surface area contributed by atoms with E-state index in [2.05, 4.69) is 26.8 Å². The Hall–Kier alpha value is -2.44. The lowest BCUT2D eigenvalue weighted by atomic mass is 9.90. The Labute approximate surface area is 163 Å². The van der Waals surface area contributed by atoms with Crippen LogP contribution in [0, 0.1) is 5.92 Å². The second kappa shape index (κ2) is 6.03. The van der Waals surface area contributed by atoms with E-state index in [1.165, 1.54) is 12.4 Å². The molecule has 1 amide bonds. The van der Waals surface area contributed by atoms with Crippen molar-refractivity contribution >= 4 is 22.8 Å². The van der Waals surface area contributed by atoms with Crippen molar-refractivity contribution in [1.29, 1.82) is 0 Å². The second-order valence-electron chi connectivity index (χ2n) is 8.61. The Morgan fingerprint density at radius 3 is 3.04 bits per heavy atom. The van der Waals surface area contributed by atoms with Gasteiger partial charge < -0.3 is 15.2 Å². The van der Waals surface area contributed by atoms with Crippen LogP contribution >= 0.6 is 0 Å². The zero-order valence-corrected chi connectivity index (χ0v) is 16.2. The van der Waals surface area contributed by atoms with Crippen molar-refractivity contribution in [3.63, 3.8) is 0 Å². The largest absolute Gasteiger partial charge is 0.365 e. The topological polar surface area (TPSA) is 73.9 Å². The molecule has 0 spiro atoms. The molecule has 3 fully saturated rings. The molecule has 3 unspecified atom stereocenters. The zero-order chi connectivity index (χ0) is 19.5. The molecule has 6 nitrogen and oxygen atoms in total. The van der Waals surface area contributed by atoms with Crippen molar-refractivity contribution < 1.29 is 9.18 Å². The monoisotopic (exact) mass is 383 g/mol. The summed E-state index contributed by atoms with van der Waals surface area (Å²) in [6.45, 7) is 6.70. The molecular formula is C21H26FN5O. The number of piperidine rings is 1. The van der Waals surface area contributed by atoms with Crippen molar-refractivity contribution in [2.45, 2.75) is 56.2 Å². The number of nitrogens with one attached hydrogen (secondary N) is 2. The number of likely N-dealkylation sites (tertiary alicyclic amines) is 1. The van der Waals surface area contributed by atoms with E-state index in [-0.39, 0.29) is 17.9 Å². The highest BCUT2D eigenvalue weighted by atomic mass is 19.1. The number of hydrogen-bond acceptors (Lipinski definition) is 4. The Bertz CT molecular complexity index is 953. The van der Waals surface area contributed by atoms with Gasteiger partial charge >= 0.3 is 0 Å². The van der Waals surface area contributed by atoms with Crippen LogP contribution in [0.3, 0.4) is 0 Å². The van der Waals surface area contributed by atoms with Crippen LogP contribution < -0.4 is 5.32 Å². The lowest BCUT2D eigenvalue weighted by Gasteiger charge is -2.33. The average Bonchev–Trinajstić information content (AvgIpc) is 3.15.